The second-order valence-corrected chi connectivity index (χ2v) is 18.9. The lowest BCUT2D eigenvalue weighted by Gasteiger charge is -2.28. The number of hydrogen-bond acceptors (Lipinski definition) is 0. The summed E-state index contributed by atoms with van der Waals surface area (Å²) in [4.78, 5) is 0. The van der Waals surface area contributed by atoms with Crippen LogP contribution in [0.2, 0.25) is 0 Å². The molecule has 6 aromatic carbocycles. The molecular weight excluding hydrogens is 697 g/mol. The van der Waals surface area contributed by atoms with Crippen molar-refractivity contribution in [2.45, 2.75) is 66.2 Å². The van der Waals surface area contributed by atoms with E-state index in [1.54, 1.807) is 0 Å². The third kappa shape index (κ3) is 5.96. The van der Waals surface area contributed by atoms with E-state index in [0.29, 0.717) is 5.92 Å². The summed E-state index contributed by atoms with van der Waals surface area (Å²) in [5.41, 5.74) is 19.1. The van der Waals surface area contributed by atoms with Crippen molar-refractivity contribution in [3.05, 3.63) is 191 Å². The van der Waals surface area contributed by atoms with Gasteiger partial charge in [0.2, 0.25) is 0 Å². The molecule has 0 radical (unpaired) electrons. The molecule has 0 N–H and O–H groups in total. The fourth-order valence-corrected chi connectivity index (χ4v) is 10.0. The molecule has 10 rings (SSSR count). The summed E-state index contributed by atoms with van der Waals surface area (Å²) >= 11 is 0. The Balaban J connectivity index is 1.31. The van der Waals surface area contributed by atoms with Crippen LogP contribution in [0.5, 0.6) is 0 Å². The largest absolute Gasteiger partial charge is 0.0991 e. The number of fused-ring (bicyclic) bond motifs is 13. The van der Waals surface area contributed by atoms with Gasteiger partial charge in [0.15, 0.2) is 0 Å². The average Bonchev–Trinajstić information content (AvgIpc) is 3.70. The Kier molecular flexibility index (Phi) is 8.50. The van der Waals surface area contributed by atoms with Crippen LogP contribution < -0.4 is 0 Å². The quantitative estimate of drug-likeness (QED) is 0.124. The SMILES string of the molecule is C=C/C=C\C(=C/c1ccc(C(C)(C)C)cc1-c1cc2c(ccc3cc4c(cc32)-c2cccc3cccc-4c23)c2c1C=C1/C3=C/C=C\C/C=C\C=C(/C3)C1C2)C(C)(C)C. The zero-order chi connectivity index (χ0) is 39.9. The number of benzene rings is 6. The first-order valence-electron chi connectivity index (χ1n) is 21.2. The Morgan fingerprint density at radius 2 is 1.43 bits per heavy atom. The highest BCUT2D eigenvalue weighted by Gasteiger charge is 2.35. The molecule has 0 heterocycles. The summed E-state index contributed by atoms with van der Waals surface area (Å²) in [6, 6.07) is 33.1. The van der Waals surface area contributed by atoms with Gasteiger partial charge in [-0.05, 0) is 159 Å². The van der Waals surface area contributed by atoms with Gasteiger partial charge in [0, 0.05) is 5.92 Å². The van der Waals surface area contributed by atoms with Gasteiger partial charge in [-0.1, -0.05) is 181 Å². The van der Waals surface area contributed by atoms with Crippen LogP contribution >= 0.6 is 0 Å². The van der Waals surface area contributed by atoms with Crippen LogP contribution in [-0.4, -0.2) is 0 Å². The number of hydrogen-bond donors (Lipinski definition) is 0. The van der Waals surface area contributed by atoms with Crippen molar-refractivity contribution >= 4 is 44.5 Å². The molecule has 1 saturated carbocycles. The zero-order valence-corrected chi connectivity index (χ0v) is 34.8. The van der Waals surface area contributed by atoms with E-state index in [1.807, 2.05) is 6.08 Å². The third-order valence-electron chi connectivity index (χ3n) is 13.2. The van der Waals surface area contributed by atoms with Gasteiger partial charge in [-0.2, -0.15) is 0 Å². The first-order valence-corrected chi connectivity index (χ1v) is 21.2. The van der Waals surface area contributed by atoms with Crippen LogP contribution in [0.1, 0.15) is 76.6 Å². The second kappa shape index (κ2) is 13.6. The summed E-state index contributed by atoms with van der Waals surface area (Å²) in [5, 5.41) is 8.03. The summed E-state index contributed by atoms with van der Waals surface area (Å²) in [7, 11) is 0. The lowest BCUT2D eigenvalue weighted by Crippen LogP contribution is -2.13. The van der Waals surface area contributed by atoms with E-state index in [4.69, 9.17) is 0 Å². The van der Waals surface area contributed by atoms with Gasteiger partial charge in [0.25, 0.3) is 0 Å². The van der Waals surface area contributed by atoms with Crippen molar-refractivity contribution in [3.8, 4) is 33.4 Å². The molecule has 1 fully saturated rings. The minimum Gasteiger partial charge on any atom is -0.0991 e. The van der Waals surface area contributed by atoms with Crippen molar-refractivity contribution in [2.75, 3.05) is 0 Å². The molecule has 0 spiro atoms. The van der Waals surface area contributed by atoms with Gasteiger partial charge in [-0.25, -0.2) is 0 Å². The maximum atomic E-state index is 4.01. The van der Waals surface area contributed by atoms with Crippen LogP contribution in [-0.2, 0) is 11.8 Å². The molecule has 1 unspecified atom stereocenters. The molecule has 0 aromatic heterocycles. The van der Waals surface area contributed by atoms with Gasteiger partial charge in [0.05, 0.1) is 0 Å². The molecule has 6 aromatic rings. The molecule has 0 amide bonds. The second-order valence-electron chi connectivity index (χ2n) is 18.9. The lowest BCUT2D eigenvalue weighted by molar-refractivity contribution is 0.520. The van der Waals surface area contributed by atoms with E-state index in [1.165, 1.54) is 110 Å². The van der Waals surface area contributed by atoms with Crippen molar-refractivity contribution in [1.29, 1.82) is 0 Å². The van der Waals surface area contributed by atoms with Crippen LogP contribution in [0, 0.1) is 11.3 Å². The highest BCUT2D eigenvalue weighted by atomic mass is 14.4. The molecule has 0 saturated heterocycles. The minimum absolute atomic E-state index is 0.0104. The molecule has 4 aliphatic carbocycles. The lowest BCUT2D eigenvalue weighted by atomic mass is 9.75. The zero-order valence-electron chi connectivity index (χ0n) is 34.8. The average molecular weight is 749 g/mol. The van der Waals surface area contributed by atoms with Gasteiger partial charge >= 0.3 is 0 Å². The van der Waals surface area contributed by atoms with Crippen LogP contribution in [0.15, 0.2) is 168 Å². The fraction of sp³-hybridized carbons (Fsp3) is 0.207. The van der Waals surface area contributed by atoms with Gasteiger partial charge in [-0.3, -0.25) is 0 Å². The summed E-state index contributed by atoms with van der Waals surface area (Å²) in [5.74, 6) is 0.368. The molecule has 284 valence electrons. The highest BCUT2D eigenvalue weighted by molar-refractivity contribution is 6.20. The molecule has 0 aliphatic heterocycles. The van der Waals surface area contributed by atoms with Gasteiger partial charge < -0.3 is 0 Å². The summed E-state index contributed by atoms with van der Waals surface area (Å²) in [6.07, 6.45) is 28.1. The normalized spacial score (nSPS) is 20.3. The van der Waals surface area contributed by atoms with E-state index in [9.17, 15) is 0 Å². The fourth-order valence-electron chi connectivity index (χ4n) is 10.0. The maximum Gasteiger partial charge on any atom is 0.00985 e. The van der Waals surface area contributed by atoms with Crippen molar-refractivity contribution in [2.24, 2.45) is 11.3 Å². The molecule has 0 nitrogen and oxygen atoms in total. The topological polar surface area (TPSA) is 0 Å². The van der Waals surface area contributed by atoms with Crippen LogP contribution in [0.25, 0.3) is 77.9 Å². The predicted octanol–water partition coefficient (Wildman–Crippen LogP) is 16.3. The van der Waals surface area contributed by atoms with E-state index >= 15 is 0 Å². The molecule has 2 bridgehead atoms. The van der Waals surface area contributed by atoms with E-state index in [2.05, 4.69) is 194 Å². The van der Waals surface area contributed by atoms with E-state index in [-0.39, 0.29) is 10.8 Å². The molecule has 58 heavy (non-hydrogen) atoms. The van der Waals surface area contributed by atoms with Crippen molar-refractivity contribution < 1.29 is 0 Å². The van der Waals surface area contributed by atoms with Crippen LogP contribution in [0.3, 0.4) is 0 Å². The van der Waals surface area contributed by atoms with Gasteiger partial charge in [0.1, 0.15) is 0 Å². The Hall–Kier alpha value is -5.98. The Morgan fingerprint density at radius 3 is 2.17 bits per heavy atom. The van der Waals surface area contributed by atoms with E-state index in [0.717, 1.165) is 19.3 Å². The maximum absolute atomic E-state index is 4.01. The molecule has 1 atom stereocenters. The number of rotatable bonds is 4. The Labute approximate surface area is 344 Å². The summed E-state index contributed by atoms with van der Waals surface area (Å²) in [6.45, 7) is 17.9. The smallest absolute Gasteiger partial charge is 0.00985 e. The van der Waals surface area contributed by atoms with Gasteiger partial charge in [-0.15, -0.1) is 0 Å². The molecule has 4 aliphatic rings. The predicted molar refractivity (Wildman–Crippen MR) is 253 cm³/mol. The Morgan fingerprint density at radius 1 is 0.690 bits per heavy atom. The minimum atomic E-state index is -0.0492. The number of allylic oxidation sites excluding steroid dienone is 13. The Bertz CT molecular complexity index is 2970. The van der Waals surface area contributed by atoms with Crippen molar-refractivity contribution in [3.63, 3.8) is 0 Å². The first kappa shape index (κ1) is 36.4. The monoisotopic (exact) mass is 748 g/mol. The molecule has 0 heteroatoms. The van der Waals surface area contributed by atoms with E-state index < -0.39 is 0 Å². The highest BCUT2D eigenvalue weighted by Crippen LogP contribution is 2.53. The first-order chi connectivity index (χ1) is 28.0. The van der Waals surface area contributed by atoms with Crippen molar-refractivity contribution in [1.82, 2.24) is 0 Å². The summed E-state index contributed by atoms with van der Waals surface area (Å²) < 4.78 is 0. The standard InChI is InChI=1S/C58H52/c1-8-9-21-41(57(2,3)4)29-39-24-26-42(58(5,6)7)31-46(39)54-35-51-43(52-32-47-37-17-13-11-10-12-14-18-38(28-37)48(47)33-55(52)54)27-25-40-30-50-44-22-15-19-36-20-16-23-45(56(36)44)53(50)34-49(40)51/h8-9,11-27,29-31,33-35,47H,1,10,28,32H2,2-7H3/b13-11-,14-12-,21-9-,37-17+,38-18+,41-29+. The van der Waals surface area contributed by atoms with Crippen LogP contribution in [0.4, 0.5) is 0 Å². The third-order valence-corrected chi connectivity index (χ3v) is 13.2. The molecular formula is C58H52.